The monoisotopic (exact) mass is 379 g/mol. The molecule has 1 unspecified atom stereocenters. The van der Waals surface area contributed by atoms with Crippen LogP contribution in [-0.2, 0) is 9.84 Å². The van der Waals surface area contributed by atoms with Crippen LogP contribution >= 0.6 is 0 Å². The largest absolute Gasteiger partial charge is 0.357 e. The van der Waals surface area contributed by atoms with Crippen LogP contribution in [0.1, 0.15) is 24.0 Å². The number of rotatable bonds is 2. The first-order valence-electron chi connectivity index (χ1n) is 8.07. The van der Waals surface area contributed by atoms with Crippen LogP contribution in [0.4, 0.5) is 5.69 Å². The van der Waals surface area contributed by atoms with Gasteiger partial charge in [-0.05, 0) is 18.6 Å². The summed E-state index contributed by atoms with van der Waals surface area (Å²) in [6.07, 6.45) is 0. The van der Waals surface area contributed by atoms with Gasteiger partial charge in [0.15, 0.2) is 0 Å². The van der Waals surface area contributed by atoms with Gasteiger partial charge in [0.25, 0.3) is 5.69 Å². The maximum absolute atomic E-state index is 13.2. The number of benzene rings is 2. The second kappa shape index (κ2) is 5.79. The summed E-state index contributed by atoms with van der Waals surface area (Å²) in [4.78, 5) is 10.9. The van der Waals surface area contributed by atoms with E-state index >= 15 is 0 Å². The summed E-state index contributed by atoms with van der Waals surface area (Å²) in [6, 6.07) is 14.5. The summed E-state index contributed by atoms with van der Waals surface area (Å²) in [5, 5.41) is 23.9. The number of nitrogens with one attached hydrogen (secondary N) is 1. The molecule has 0 radical (unpaired) electrons. The number of nitro groups is 1. The van der Waals surface area contributed by atoms with Gasteiger partial charge in [0, 0.05) is 23.4 Å². The van der Waals surface area contributed by atoms with E-state index in [0.717, 1.165) is 0 Å². The van der Waals surface area contributed by atoms with Gasteiger partial charge in [0.1, 0.15) is 0 Å². The van der Waals surface area contributed by atoms with Crippen LogP contribution < -0.4 is 5.32 Å². The van der Waals surface area contributed by atoms with Crippen LogP contribution in [0.3, 0.4) is 0 Å². The molecule has 1 atom stereocenters. The van der Waals surface area contributed by atoms with E-state index in [-0.39, 0.29) is 21.1 Å². The molecule has 0 bridgehead atoms. The van der Waals surface area contributed by atoms with Crippen molar-refractivity contribution in [3.05, 3.63) is 85.9 Å². The molecule has 27 heavy (non-hydrogen) atoms. The summed E-state index contributed by atoms with van der Waals surface area (Å²) in [5.74, 6) is -0.899. The van der Waals surface area contributed by atoms with Crippen molar-refractivity contribution in [2.24, 2.45) is 0 Å². The molecule has 0 saturated heterocycles. The third-order valence-corrected chi connectivity index (χ3v) is 6.74. The van der Waals surface area contributed by atoms with Crippen LogP contribution in [0.5, 0.6) is 0 Å². The van der Waals surface area contributed by atoms with Crippen LogP contribution in [0, 0.1) is 21.4 Å². The minimum Gasteiger partial charge on any atom is -0.357 e. The van der Waals surface area contributed by atoms with Crippen molar-refractivity contribution in [2.75, 3.05) is 0 Å². The summed E-state index contributed by atoms with van der Waals surface area (Å²) in [7, 11) is -3.84. The predicted molar refractivity (Wildman–Crippen MR) is 97.8 cm³/mol. The Hall–Kier alpha value is -3.44. The Balaban J connectivity index is 2.02. The molecule has 2 aliphatic rings. The van der Waals surface area contributed by atoms with Gasteiger partial charge in [-0.1, -0.05) is 30.3 Å². The highest BCUT2D eigenvalue weighted by Crippen LogP contribution is 2.50. The number of non-ortho nitro benzene ring substituents is 1. The van der Waals surface area contributed by atoms with Gasteiger partial charge >= 0.3 is 0 Å². The van der Waals surface area contributed by atoms with Crippen LogP contribution in [0.2, 0.25) is 0 Å². The highest BCUT2D eigenvalue weighted by Gasteiger charge is 2.45. The maximum Gasteiger partial charge on any atom is 0.269 e. The molecule has 2 aromatic rings. The Labute approximate surface area is 155 Å². The molecule has 0 aromatic heterocycles. The van der Waals surface area contributed by atoms with E-state index in [0.29, 0.717) is 22.5 Å². The van der Waals surface area contributed by atoms with E-state index in [9.17, 15) is 23.8 Å². The molecule has 134 valence electrons. The molecule has 0 aliphatic carbocycles. The maximum atomic E-state index is 13.2. The van der Waals surface area contributed by atoms with Crippen molar-refractivity contribution < 1.29 is 13.3 Å². The van der Waals surface area contributed by atoms with Crippen molar-refractivity contribution in [3.8, 4) is 6.07 Å². The number of fused-ring (bicyclic) bond motifs is 2. The molecule has 0 amide bonds. The first-order valence-corrected chi connectivity index (χ1v) is 9.55. The molecule has 4 rings (SSSR count). The lowest BCUT2D eigenvalue weighted by Crippen LogP contribution is -2.24. The van der Waals surface area contributed by atoms with Crippen LogP contribution in [0.15, 0.2) is 69.6 Å². The lowest BCUT2D eigenvalue weighted by Gasteiger charge is -2.26. The molecule has 7 nitrogen and oxygen atoms in total. The second-order valence-corrected chi connectivity index (χ2v) is 8.19. The van der Waals surface area contributed by atoms with E-state index < -0.39 is 20.7 Å². The molecular weight excluding hydrogens is 366 g/mol. The Morgan fingerprint density at radius 1 is 1.19 bits per heavy atom. The number of hydrogen-bond acceptors (Lipinski definition) is 6. The lowest BCUT2D eigenvalue weighted by atomic mass is 9.86. The van der Waals surface area contributed by atoms with Crippen molar-refractivity contribution in [2.45, 2.75) is 17.7 Å². The first kappa shape index (κ1) is 17.0. The van der Waals surface area contributed by atoms with Gasteiger partial charge in [-0.2, -0.15) is 5.26 Å². The molecule has 1 N–H and O–H groups in total. The van der Waals surface area contributed by atoms with E-state index in [4.69, 9.17) is 0 Å². The predicted octanol–water partition coefficient (Wildman–Crippen LogP) is 3.24. The molecule has 2 aromatic carbocycles. The summed E-state index contributed by atoms with van der Waals surface area (Å²) >= 11 is 0. The summed E-state index contributed by atoms with van der Waals surface area (Å²) in [6.45, 7) is 1.69. The third kappa shape index (κ3) is 2.36. The number of hydrogen-bond donors (Lipinski definition) is 1. The van der Waals surface area contributed by atoms with Crippen molar-refractivity contribution in [1.29, 1.82) is 5.26 Å². The van der Waals surface area contributed by atoms with Crippen molar-refractivity contribution >= 4 is 21.2 Å². The zero-order valence-electron chi connectivity index (χ0n) is 14.1. The third-order valence-electron chi connectivity index (χ3n) is 4.78. The molecule has 2 heterocycles. The van der Waals surface area contributed by atoms with Gasteiger partial charge in [-0.15, -0.1) is 0 Å². The number of allylic oxidation sites excluding steroid dienone is 3. The van der Waals surface area contributed by atoms with E-state index in [1.165, 1.54) is 24.3 Å². The van der Waals surface area contributed by atoms with Crippen LogP contribution in [0.25, 0.3) is 5.70 Å². The summed E-state index contributed by atoms with van der Waals surface area (Å²) < 4.78 is 26.5. The van der Waals surface area contributed by atoms with Gasteiger partial charge in [0.05, 0.1) is 38.0 Å². The van der Waals surface area contributed by atoms with Gasteiger partial charge in [0.2, 0.25) is 9.84 Å². The number of nitrogens with zero attached hydrogens (tertiary/aromatic N) is 2. The number of dihydropyridines is 1. The van der Waals surface area contributed by atoms with E-state index in [1.54, 1.807) is 31.2 Å². The van der Waals surface area contributed by atoms with Gasteiger partial charge < -0.3 is 5.32 Å². The molecule has 0 fully saturated rings. The zero-order chi connectivity index (χ0) is 19.3. The zero-order valence-corrected chi connectivity index (χ0v) is 14.9. The normalized spacial score (nSPS) is 19.8. The topological polar surface area (TPSA) is 113 Å². The van der Waals surface area contributed by atoms with Gasteiger partial charge in [-0.3, -0.25) is 10.1 Å². The van der Waals surface area contributed by atoms with Crippen molar-refractivity contribution in [3.63, 3.8) is 0 Å². The Kier molecular flexibility index (Phi) is 3.64. The quantitative estimate of drug-likeness (QED) is 0.633. The number of sulfone groups is 1. The molecular formula is C19H13N3O4S. The fraction of sp³-hybridized carbons (Fsp3) is 0.105. The SMILES string of the molecule is CC1=C(C#N)C(c2cccc([N+](=O)[O-])c2)C2=C(N1)c1ccccc1S2(=O)=O. The molecule has 0 saturated carbocycles. The van der Waals surface area contributed by atoms with E-state index in [1.807, 2.05) is 0 Å². The van der Waals surface area contributed by atoms with Gasteiger partial charge in [-0.25, -0.2) is 8.42 Å². The summed E-state index contributed by atoms with van der Waals surface area (Å²) in [5.41, 5.74) is 1.96. The Morgan fingerprint density at radius 2 is 1.93 bits per heavy atom. The molecule has 8 heteroatoms. The average molecular weight is 379 g/mol. The average Bonchev–Trinajstić information content (AvgIpc) is 2.88. The molecule has 2 aliphatic heterocycles. The first-order chi connectivity index (χ1) is 12.9. The Morgan fingerprint density at radius 3 is 2.63 bits per heavy atom. The van der Waals surface area contributed by atoms with E-state index in [2.05, 4.69) is 11.4 Å². The number of nitro benzene ring substituents is 1. The minimum atomic E-state index is -3.84. The van der Waals surface area contributed by atoms with Crippen LogP contribution in [-0.4, -0.2) is 13.3 Å². The standard InChI is InChI=1S/C19H13N3O4S/c1-11-15(10-20)17(12-5-4-6-13(9-12)22(23)24)19-18(21-11)14-7-2-3-8-16(14)27(19,25)26/h2-9,17,21H,1H3. The minimum absolute atomic E-state index is 0.0614. The lowest BCUT2D eigenvalue weighted by molar-refractivity contribution is -0.384. The highest BCUT2D eigenvalue weighted by atomic mass is 32.2. The smallest absolute Gasteiger partial charge is 0.269 e. The highest BCUT2D eigenvalue weighted by molar-refractivity contribution is 7.96. The fourth-order valence-corrected chi connectivity index (χ4v) is 5.56. The second-order valence-electron chi connectivity index (χ2n) is 6.30. The number of nitriles is 1. The van der Waals surface area contributed by atoms with Crippen molar-refractivity contribution in [1.82, 2.24) is 5.32 Å². The fourth-order valence-electron chi connectivity index (χ4n) is 3.61. The molecule has 0 spiro atoms. The Bertz CT molecular complexity index is 1220.